The summed E-state index contributed by atoms with van der Waals surface area (Å²) in [5.41, 5.74) is 4.99. The summed E-state index contributed by atoms with van der Waals surface area (Å²) >= 11 is 0. The van der Waals surface area contributed by atoms with Crippen molar-refractivity contribution in [3.05, 3.63) is 102 Å². The van der Waals surface area contributed by atoms with Gasteiger partial charge in [0.05, 0.1) is 26.0 Å². The molecule has 7 nitrogen and oxygen atoms in total. The molecule has 0 bridgehead atoms. The van der Waals surface area contributed by atoms with Crippen LogP contribution in [0.3, 0.4) is 0 Å². The Hall–Kier alpha value is -4.30. The molecule has 1 aliphatic heterocycles. The smallest absolute Gasteiger partial charge is 0.295 e. The molecule has 3 aromatic rings. The summed E-state index contributed by atoms with van der Waals surface area (Å²) in [6, 6.07) is 17.5. The van der Waals surface area contributed by atoms with Crippen LogP contribution in [0, 0.1) is 11.7 Å². The van der Waals surface area contributed by atoms with Crippen LogP contribution in [0.2, 0.25) is 0 Å². The van der Waals surface area contributed by atoms with Crippen molar-refractivity contribution in [3.63, 3.8) is 0 Å². The van der Waals surface area contributed by atoms with Crippen LogP contribution in [0.15, 0.2) is 79.4 Å². The minimum atomic E-state index is -1.30. The first-order chi connectivity index (χ1) is 16.8. The van der Waals surface area contributed by atoms with Gasteiger partial charge in [-0.05, 0) is 59.7 Å². The fourth-order valence-corrected chi connectivity index (χ4v) is 4.15. The van der Waals surface area contributed by atoms with Crippen molar-refractivity contribution >= 4 is 28.9 Å². The largest absolute Gasteiger partial charge is 0.497 e. The molecule has 0 spiro atoms. The van der Waals surface area contributed by atoms with Crippen LogP contribution < -0.4 is 15.1 Å². The summed E-state index contributed by atoms with van der Waals surface area (Å²) in [6.45, 7) is 3.86. The summed E-state index contributed by atoms with van der Waals surface area (Å²) in [4.78, 5) is 46.0. The van der Waals surface area contributed by atoms with Crippen molar-refractivity contribution in [1.82, 2.24) is 5.48 Å². The minimum absolute atomic E-state index is 0.267. The molecule has 1 amide bonds. The van der Waals surface area contributed by atoms with Gasteiger partial charge in [-0.1, -0.05) is 30.8 Å². The van der Waals surface area contributed by atoms with Gasteiger partial charge in [0.25, 0.3) is 5.91 Å². The first-order valence-electron chi connectivity index (χ1n) is 10.7. The van der Waals surface area contributed by atoms with Crippen molar-refractivity contribution in [2.24, 2.45) is 5.92 Å². The molecule has 0 radical (unpaired) electrons. The summed E-state index contributed by atoms with van der Waals surface area (Å²) in [6.07, 6.45) is 0. The lowest BCUT2D eigenvalue weighted by molar-refractivity contribution is -0.135. The number of nitrogens with zero attached hydrogens (tertiary/aromatic N) is 1. The maximum Gasteiger partial charge on any atom is 0.295 e. The zero-order valence-electron chi connectivity index (χ0n) is 19.2. The molecule has 8 heteroatoms. The number of ketones is 2. The van der Waals surface area contributed by atoms with E-state index < -0.39 is 35.3 Å². The van der Waals surface area contributed by atoms with Crippen LogP contribution in [0.4, 0.5) is 10.1 Å². The fourth-order valence-electron chi connectivity index (χ4n) is 4.15. The van der Waals surface area contributed by atoms with Crippen molar-refractivity contribution < 1.29 is 28.3 Å². The van der Waals surface area contributed by atoms with Gasteiger partial charge >= 0.3 is 0 Å². The number of benzene rings is 3. The Bertz CT molecular complexity index is 1270. The lowest BCUT2D eigenvalue weighted by atomic mass is 9.86. The molecular weight excluding hydrogens is 451 g/mol. The number of carbonyl (C=O) groups is 3. The molecule has 1 heterocycles. The highest BCUT2D eigenvalue weighted by Gasteiger charge is 2.52. The zero-order valence-corrected chi connectivity index (χ0v) is 19.2. The topological polar surface area (TPSA) is 84.9 Å². The average Bonchev–Trinajstić information content (AvgIpc) is 3.14. The van der Waals surface area contributed by atoms with Crippen LogP contribution >= 0.6 is 0 Å². The number of halogens is 1. The number of anilines is 1. The number of hydrogen-bond acceptors (Lipinski definition) is 6. The lowest BCUT2D eigenvalue weighted by Crippen LogP contribution is -2.30. The molecule has 2 unspecified atom stereocenters. The summed E-state index contributed by atoms with van der Waals surface area (Å²) in [5.74, 6) is -3.36. The summed E-state index contributed by atoms with van der Waals surface area (Å²) < 4.78 is 18.8. The Morgan fingerprint density at radius 2 is 1.51 bits per heavy atom. The Labute approximate surface area is 201 Å². The third-order valence-corrected chi connectivity index (χ3v) is 5.89. The molecule has 1 aliphatic rings. The van der Waals surface area contributed by atoms with Crippen LogP contribution in [-0.4, -0.2) is 31.7 Å². The van der Waals surface area contributed by atoms with Gasteiger partial charge in [-0.2, -0.15) is 0 Å². The van der Waals surface area contributed by atoms with Crippen LogP contribution in [0.25, 0.3) is 5.70 Å². The van der Waals surface area contributed by atoms with Gasteiger partial charge in [0.2, 0.25) is 5.78 Å². The SMILES string of the molecule is C=C(NOC)c1ccc(N2C(=O)C(=O)C(C(=O)c3ccc(OC)cc3)C2c2ccc(F)cc2)cc1. The molecule has 0 saturated carbocycles. The van der Waals surface area contributed by atoms with E-state index in [1.165, 1.54) is 43.4 Å². The monoisotopic (exact) mass is 474 g/mol. The van der Waals surface area contributed by atoms with Crippen LogP contribution in [0.1, 0.15) is 27.5 Å². The van der Waals surface area contributed by atoms with Gasteiger partial charge < -0.3 is 4.74 Å². The van der Waals surface area contributed by atoms with Gasteiger partial charge in [-0.15, -0.1) is 0 Å². The van der Waals surface area contributed by atoms with Crippen LogP contribution in [-0.2, 0) is 14.4 Å². The predicted molar refractivity (Wildman–Crippen MR) is 128 cm³/mol. The molecule has 0 aliphatic carbocycles. The fraction of sp³-hybridized carbons (Fsp3) is 0.148. The Balaban J connectivity index is 1.77. The molecule has 3 aromatic carbocycles. The summed E-state index contributed by atoms with van der Waals surface area (Å²) in [5, 5.41) is 0. The Morgan fingerprint density at radius 1 is 0.914 bits per heavy atom. The second-order valence-electron chi connectivity index (χ2n) is 7.94. The Kier molecular flexibility index (Phi) is 6.75. The number of hydroxylamine groups is 1. The average molecular weight is 474 g/mol. The van der Waals surface area contributed by atoms with Gasteiger partial charge in [-0.25, -0.2) is 4.39 Å². The molecule has 1 N–H and O–H groups in total. The van der Waals surface area contributed by atoms with E-state index in [9.17, 15) is 18.8 Å². The van der Waals surface area contributed by atoms with E-state index in [2.05, 4.69) is 12.1 Å². The molecule has 4 rings (SSSR count). The van der Waals surface area contributed by atoms with Crippen molar-refractivity contribution in [3.8, 4) is 5.75 Å². The van der Waals surface area contributed by atoms with Gasteiger partial charge in [0.1, 0.15) is 17.5 Å². The molecule has 35 heavy (non-hydrogen) atoms. The number of amides is 1. The highest BCUT2D eigenvalue weighted by atomic mass is 19.1. The third-order valence-electron chi connectivity index (χ3n) is 5.89. The highest BCUT2D eigenvalue weighted by Crippen LogP contribution is 2.41. The van der Waals surface area contributed by atoms with Crippen molar-refractivity contribution in [1.29, 1.82) is 0 Å². The quantitative estimate of drug-likeness (QED) is 0.229. The van der Waals surface area contributed by atoms with Crippen molar-refractivity contribution in [2.75, 3.05) is 19.1 Å². The second kappa shape index (κ2) is 9.90. The molecular formula is C27H23FN2O5. The van der Waals surface area contributed by atoms with E-state index in [0.717, 1.165) is 0 Å². The van der Waals surface area contributed by atoms with Gasteiger partial charge in [0, 0.05) is 11.3 Å². The van der Waals surface area contributed by atoms with E-state index in [-0.39, 0.29) is 5.56 Å². The number of carbonyl (C=O) groups excluding carboxylic acids is 3. The number of nitrogens with one attached hydrogen (secondary N) is 1. The van der Waals surface area contributed by atoms with E-state index in [1.54, 1.807) is 48.5 Å². The number of Topliss-reactive ketones (excluding diaryl/α,β-unsaturated/α-hetero) is 2. The molecule has 1 fully saturated rings. The molecule has 0 aromatic heterocycles. The minimum Gasteiger partial charge on any atom is -0.497 e. The van der Waals surface area contributed by atoms with E-state index >= 15 is 0 Å². The van der Waals surface area contributed by atoms with Gasteiger partial charge in [0.15, 0.2) is 5.78 Å². The van der Waals surface area contributed by atoms with Crippen LogP contribution in [0.5, 0.6) is 5.75 Å². The maximum absolute atomic E-state index is 13.7. The van der Waals surface area contributed by atoms with Gasteiger partial charge in [-0.3, -0.25) is 29.6 Å². The highest BCUT2D eigenvalue weighted by molar-refractivity contribution is 6.49. The lowest BCUT2D eigenvalue weighted by Gasteiger charge is -2.27. The number of rotatable bonds is 8. The summed E-state index contributed by atoms with van der Waals surface area (Å²) in [7, 11) is 2.96. The van der Waals surface area contributed by atoms with E-state index in [1.807, 2.05) is 0 Å². The Morgan fingerprint density at radius 3 is 2.09 bits per heavy atom. The second-order valence-corrected chi connectivity index (χ2v) is 7.94. The molecule has 178 valence electrons. The maximum atomic E-state index is 13.7. The van der Waals surface area contributed by atoms with E-state index in [0.29, 0.717) is 28.3 Å². The first-order valence-corrected chi connectivity index (χ1v) is 10.7. The first kappa shape index (κ1) is 23.8. The molecule has 1 saturated heterocycles. The van der Waals surface area contributed by atoms with Crippen molar-refractivity contribution in [2.45, 2.75) is 6.04 Å². The standard InChI is InChI=1S/C27H23FN2O5/c1-16(29-35-3)17-6-12-21(13-7-17)30-24(18-4-10-20(28)11-5-18)23(26(32)27(30)33)25(31)19-8-14-22(34-2)15-9-19/h4-15,23-24,29H,1H2,2-3H3. The predicted octanol–water partition coefficient (Wildman–Crippen LogP) is 4.11. The number of methoxy groups -OCH3 is 1. The zero-order chi connectivity index (χ0) is 25.1. The number of hydrogen-bond donors (Lipinski definition) is 1. The van der Waals surface area contributed by atoms with E-state index in [4.69, 9.17) is 9.57 Å². The third kappa shape index (κ3) is 4.56. The normalized spacial score (nSPS) is 17.4. The number of ether oxygens (including phenoxy) is 1. The molecule has 2 atom stereocenters.